The van der Waals surface area contributed by atoms with Gasteiger partial charge in [0.2, 0.25) is 0 Å². The van der Waals surface area contributed by atoms with Crippen molar-refractivity contribution in [2.45, 2.75) is 13.8 Å². The zero-order valence-electron chi connectivity index (χ0n) is 16.9. The summed E-state index contributed by atoms with van der Waals surface area (Å²) in [5.41, 5.74) is 2.09. The number of fused-ring (bicyclic) bond motifs is 1. The highest BCUT2D eigenvalue weighted by molar-refractivity contribution is 6.13. The molecule has 0 bridgehead atoms. The molecule has 0 saturated heterocycles. The Labute approximate surface area is 177 Å². The zero-order valence-corrected chi connectivity index (χ0v) is 16.9. The van der Waals surface area contributed by atoms with Crippen LogP contribution in [0, 0.1) is 12.7 Å². The van der Waals surface area contributed by atoms with E-state index in [1.165, 1.54) is 29.1 Å². The topological polar surface area (TPSA) is 86.1 Å². The van der Waals surface area contributed by atoms with Gasteiger partial charge in [0.25, 0.3) is 5.91 Å². The maximum absolute atomic E-state index is 13.9. The standard InChI is InChI=1S/C23H19FN4O3/c1-3-31-23(30)19-13-25-28(16-7-5-4-6-8-16)21(19)27-22(29)18-11-14(2)26-20-10-9-15(24)12-17(18)20/h4-13H,3H2,1-2H3,(H,27,29). The van der Waals surface area contributed by atoms with Crippen LogP contribution in [0.2, 0.25) is 0 Å². The van der Waals surface area contributed by atoms with Crippen LogP contribution in [0.15, 0.2) is 60.8 Å². The number of rotatable bonds is 5. The summed E-state index contributed by atoms with van der Waals surface area (Å²) in [7, 11) is 0. The van der Waals surface area contributed by atoms with Crippen molar-refractivity contribution in [1.82, 2.24) is 14.8 Å². The van der Waals surface area contributed by atoms with Crippen molar-refractivity contribution in [1.29, 1.82) is 0 Å². The lowest BCUT2D eigenvalue weighted by Gasteiger charge is -2.13. The number of benzene rings is 2. The molecule has 0 spiro atoms. The molecule has 2 aromatic heterocycles. The van der Waals surface area contributed by atoms with Gasteiger partial charge in [-0.1, -0.05) is 18.2 Å². The van der Waals surface area contributed by atoms with E-state index in [0.29, 0.717) is 22.3 Å². The van der Waals surface area contributed by atoms with Crippen LogP contribution in [0.5, 0.6) is 0 Å². The first-order valence-electron chi connectivity index (χ1n) is 9.66. The molecule has 0 saturated carbocycles. The molecule has 4 aromatic rings. The quantitative estimate of drug-likeness (QED) is 0.489. The van der Waals surface area contributed by atoms with Crippen molar-refractivity contribution in [3.8, 4) is 5.69 Å². The Hall–Kier alpha value is -4.07. The lowest BCUT2D eigenvalue weighted by atomic mass is 10.1. The molecular weight excluding hydrogens is 399 g/mol. The summed E-state index contributed by atoms with van der Waals surface area (Å²) in [6.07, 6.45) is 1.34. The number of pyridine rings is 1. The molecule has 0 fully saturated rings. The maximum atomic E-state index is 13.9. The number of esters is 1. The number of ether oxygens (including phenoxy) is 1. The molecule has 0 unspecified atom stereocenters. The van der Waals surface area contributed by atoms with E-state index < -0.39 is 17.7 Å². The first kappa shape index (κ1) is 20.2. The number of amides is 1. The van der Waals surface area contributed by atoms with E-state index in [2.05, 4.69) is 15.4 Å². The van der Waals surface area contributed by atoms with Crippen molar-refractivity contribution in [2.24, 2.45) is 0 Å². The van der Waals surface area contributed by atoms with Gasteiger partial charge in [0.1, 0.15) is 11.4 Å². The van der Waals surface area contributed by atoms with Gasteiger partial charge in [-0.25, -0.2) is 13.9 Å². The van der Waals surface area contributed by atoms with Gasteiger partial charge in [0.05, 0.1) is 29.6 Å². The SMILES string of the molecule is CCOC(=O)c1cnn(-c2ccccc2)c1NC(=O)c1cc(C)nc2ccc(F)cc12. The summed E-state index contributed by atoms with van der Waals surface area (Å²) in [6, 6.07) is 14.7. The van der Waals surface area contributed by atoms with Crippen molar-refractivity contribution < 1.29 is 18.7 Å². The summed E-state index contributed by atoms with van der Waals surface area (Å²) in [5.74, 6) is -1.45. The average Bonchev–Trinajstić information content (AvgIpc) is 3.17. The molecule has 0 atom stereocenters. The van der Waals surface area contributed by atoms with Crippen molar-refractivity contribution in [3.05, 3.63) is 83.4 Å². The number of anilines is 1. The van der Waals surface area contributed by atoms with Gasteiger partial charge < -0.3 is 10.1 Å². The molecule has 156 valence electrons. The van der Waals surface area contributed by atoms with Crippen LogP contribution < -0.4 is 5.32 Å². The predicted molar refractivity (Wildman–Crippen MR) is 114 cm³/mol. The van der Waals surface area contributed by atoms with Gasteiger partial charge in [-0.05, 0) is 50.2 Å². The van der Waals surface area contributed by atoms with Crippen molar-refractivity contribution >= 4 is 28.6 Å². The number of hydrogen-bond donors (Lipinski definition) is 1. The lowest BCUT2D eigenvalue weighted by Crippen LogP contribution is -2.19. The minimum atomic E-state index is -0.609. The van der Waals surface area contributed by atoms with Crippen LogP contribution in [0.1, 0.15) is 33.3 Å². The molecule has 1 N–H and O–H groups in total. The van der Waals surface area contributed by atoms with Crippen LogP contribution in [0.4, 0.5) is 10.2 Å². The van der Waals surface area contributed by atoms with Gasteiger partial charge in [0.15, 0.2) is 5.82 Å². The molecule has 0 aliphatic heterocycles. The van der Waals surface area contributed by atoms with E-state index in [0.717, 1.165) is 0 Å². The van der Waals surface area contributed by atoms with E-state index in [4.69, 9.17) is 4.74 Å². The highest BCUT2D eigenvalue weighted by Gasteiger charge is 2.23. The molecule has 1 amide bonds. The zero-order chi connectivity index (χ0) is 22.0. The summed E-state index contributed by atoms with van der Waals surface area (Å²) in [5, 5.41) is 7.39. The largest absolute Gasteiger partial charge is 0.462 e. The average molecular weight is 418 g/mol. The monoisotopic (exact) mass is 418 g/mol. The number of carbonyl (C=O) groups excluding carboxylic acids is 2. The van der Waals surface area contributed by atoms with Crippen LogP contribution in [0.3, 0.4) is 0 Å². The smallest absolute Gasteiger partial charge is 0.343 e. The Morgan fingerprint density at radius 3 is 2.61 bits per heavy atom. The summed E-state index contributed by atoms with van der Waals surface area (Å²) in [6.45, 7) is 3.62. The Bertz CT molecular complexity index is 1280. The molecule has 0 aliphatic carbocycles. The first-order valence-corrected chi connectivity index (χ1v) is 9.66. The number of nitrogens with zero attached hydrogens (tertiary/aromatic N) is 3. The second-order valence-electron chi connectivity index (χ2n) is 6.80. The normalized spacial score (nSPS) is 10.8. The number of carbonyl (C=O) groups is 2. The molecule has 4 rings (SSSR count). The van der Waals surface area contributed by atoms with E-state index in [9.17, 15) is 14.0 Å². The Morgan fingerprint density at radius 2 is 1.87 bits per heavy atom. The summed E-state index contributed by atoms with van der Waals surface area (Å²) >= 11 is 0. The number of nitrogens with one attached hydrogen (secondary N) is 1. The Morgan fingerprint density at radius 1 is 1.10 bits per heavy atom. The summed E-state index contributed by atoms with van der Waals surface area (Å²) in [4.78, 5) is 30.1. The third-order valence-electron chi connectivity index (χ3n) is 4.64. The van der Waals surface area contributed by atoms with Gasteiger partial charge in [0, 0.05) is 11.1 Å². The van der Waals surface area contributed by atoms with E-state index in [1.807, 2.05) is 18.2 Å². The number of aryl methyl sites for hydroxylation is 1. The first-order chi connectivity index (χ1) is 15.0. The van der Waals surface area contributed by atoms with Crippen LogP contribution >= 0.6 is 0 Å². The van der Waals surface area contributed by atoms with E-state index in [-0.39, 0.29) is 23.6 Å². The van der Waals surface area contributed by atoms with Crippen LogP contribution in [-0.2, 0) is 4.74 Å². The highest BCUT2D eigenvalue weighted by Crippen LogP contribution is 2.25. The molecule has 0 aliphatic rings. The highest BCUT2D eigenvalue weighted by atomic mass is 19.1. The van der Waals surface area contributed by atoms with E-state index >= 15 is 0 Å². The minimum absolute atomic E-state index is 0.111. The lowest BCUT2D eigenvalue weighted by molar-refractivity contribution is 0.0527. The van der Waals surface area contributed by atoms with Gasteiger partial charge in [-0.2, -0.15) is 5.10 Å². The number of para-hydroxylation sites is 1. The Balaban J connectivity index is 1.81. The number of aromatic nitrogens is 3. The Kier molecular flexibility index (Phi) is 5.44. The third-order valence-corrected chi connectivity index (χ3v) is 4.64. The fraction of sp³-hybridized carbons (Fsp3) is 0.130. The van der Waals surface area contributed by atoms with Gasteiger partial charge in [-0.3, -0.25) is 9.78 Å². The molecule has 8 heteroatoms. The van der Waals surface area contributed by atoms with Crippen molar-refractivity contribution in [3.63, 3.8) is 0 Å². The van der Waals surface area contributed by atoms with Crippen molar-refractivity contribution in [2.75, 3.05) is 11.9 Å². The summed E-state index contributed by atoms with van der Waals surface area (Å²) < 4.78 is 20.4. The number of hydrogen-bond acceptors (Lipinski definition) is 5. The fourth-order valence-electron chi connectivity index (χ4n) is 3.29. The van der Waals surface area contributed by atoms with Gasteiger partial charge >= 0.3 is 5.97 Å². The molecule has 0 radical (unpaired) electrons. The predicted octanol–water partition coefficient (Wildman–Crippen LogP) is 4.30. The minimum Gasteiger partial charge on any atom is -0.462 e. The van der Waals surface area contributed by atoms with Gasteiger partial charge in [-0.15, -0.1) is 0 Å². The van der Waals surface area contributed by atoms with Crippen LogP contribution in [0.25, 0.3) is 16.6 Å². The molecule has 2 aromatic carbocycles. The second kappa shape index (κ2) is 8.35. The molecular formula is C23H19FN4O3. The van der Waals surface area contributed by atoms with E-state index in [1.54, 1.807) is 32.0 Å². The fourth-order valence-corrected chi connectivity index (χ4v) is 3.29. The van der Waals surface area contributed by atoms with Crippen LogP contribution in [-0.4, -0.2) is 33.2 Å². The molecule has 31 heavy (non-hydrogen) atoms. The second-order valence-corrected chi connectivity index (χ2v) is 6.80. The molecule has 2 heterocycles. The molecule has 7 nitrogen and oxygen atoms in total. The number of halogens is 1. The third kappa shape index (κ3) is 4.00. The maximum Gasteiger partial charge on any atom is 0.343 e.